The number of benzene rings is 2. The highest BCUT2D eigenvalue weighted by molar-refractivity contribution is 5.84. The number of hydrogen-bond donors (Lipinski definition) is 3. The predicted molar refractivity (Wildman–Crippen MR) is 133 cm³/mol. The Kier molecular flexibility index (Phi) is 7.43. The zero-order valence-electron chi connectivity index (χ0n) is 20.4. The Hall–Kier alpha value is -3.35. The van der Waals surface area contributed by atoms with Crippen LogP contribution in [0.15, 0.2) is 48.5 Å². The molecule has 0 aliphatic heterocycles. The van der Waals surface area contributed by atoms with E-state index in [0.717, 1.165) is 24.0 Å². The lowest BCUT2D eigenvalue weighted by Gasteiger charge is -2.38. The van der Waals surface area contributed by atoms with Gasteiger partial charge in [-0.15, -0.1) is 0 Å². The van der Waals surface area contributed by atoms with Crippen molar-refractivity contribution in [2.75, 3.05) is 13.2 Å². The summed E-state index contributed by atoms with van der Waals surface area (Å²) in [6.45, 7) is 4.23. The summed E-state index contributed by atoms with van der Waals surface area (Å²) in [5.74, 6) is -0.669. The van der Waals surface area contributed by atoms with Gasteiger partial charge in [0.25, 0.3) is 0 Å². The van der Waals surface area contributed by atoms with E-state index in [2.05, 4.69) is 41.8 Å². The van der Waals surface area contributed by atoms with E-state index in [0.29, 0.717) is 18.8 Å². The largest absolute Gasteiger partial charge is 0.481 e. The molecule has 186 valence electrons. The van der Waals surface area contributed by atoms with Crippen molar-refractivity contribution in [3.05, 3.63) is 59.7 Å². The maximum atomic E-state index is 13.2. The summed E-state index contributed by atoms with van der Waals surface area (Å²) in [7, 11) is 0. The average Bonchev–Trinajstić information content (AvgIpc) is 3.15. The highest BCUT2D eigenvalue weighted by Gasteiger charge is 2.42. The molecule has 2 aromatic carbocycles. The molecule has 3 N–H and O–H groups in total. The molecule has 1 fully saturated rings. The van der Waals surface area contributed by atoms with Gasteiger partial charge in [0.05, 0.1) is 11.8 Å². The minimum absolute atomic E-state index is 0.0298. The van der Waals surface area contributed by atoms with Crippen LogP contribution < -0.4 is 10.6 Å². The van der Waals surface area contributed by atoms with Crippen molar-refractivity contribution in [3.63, 3.8) is 0 Å². The third kappa shape index (κ3) is 5.50. The summed E-state index contributed by atoms with van der Waals surface area (Å²) in [6.07, 6.45) is 2.36. The second kappa shape index (κ2) is 10.5. The van der Waals surface area contributed by atoms with Crippen molar-refractivity contribution in [2.24, 2.45) is 11.3 Å². The predicted octanol–water partition coefficient (Wildman–Crippen LogP) is 4.70. The van der Waals surface area contributed by atoms with Crippen LogP contribution in [0.25, 0.3) is 11.1 Å². The molecule has 1 saturated carbocycles. The van der Waals surface area contributed by atoms with Gasteiger partial charge in [0.15, 0.2) is 0 Å². The van der Waals surface area contributed by atoms with Gasteiger partial charge in [0, 0.05) is 18.5 Å². The quantitative estimate of drug-likeness (QED) is 0.510. The Labute approximate surface area is 206 Å². The molecule has 35 heavy (non-hydrogen) atoms. The van der Waals surface area contributed by atoms with E-state index in [1.807, 2.05) is 24.3 Å². The average molecular weight is 479 g/mol. The first-order chi connectivity index (χ1) is 16.8. The highest BCUT2D eigenvalue weighted by atomic mass is 16.5. The fraction of sp³-hybridized carbons (Fsp3) is 0.464. The highest BCUT2D eigenvalue weighted by Crippen LogP contribution is 2.44. The summed E-state index contributed by atoms with van der Waals surface area (Å²) in [6, 6.07) is 15.9. The van der Waals surface area contributed by atoms with Gasteiger partial charge in [-0.1, -0.05) is 55.5 Å². The Balaban J connectivity index is 1.39. The Morgan fingerprint density at radius 2 is 1.60 bits per heavy atom. The van der Waals surface area contributed by atoms with Gasteiger partial charge in [-0.05, 0) is 60.8 Å². The molecule has 0 saturated heterocycles. The van der Waals surface area contributed by atoms with Crippen molar-refractivity contribution < 1.29 is 24.2 Å². The topological polar surface area (TPSA) is 105 Å². The zero-order valence-corrected chi connectivity index (χ0v) is 20.4. The van der Waals surface area contributed by atoms with Gasteiger partial charge in [0.2, 0.25) is 5.91 Å². The van der Waals surface area contributed by atoms with Crippen molar-refractivity contribution in [1.82, 2.24) is 10.6 Å². The molecule has 0 aromatic heterocycles. The monoisotopic (exact) mass is 478 g/mol. The molecule has 7 heteroatoms. The van der Waals surface area contributed by atoms with E-state index in [-0.39, 0.29) is 31.4 Å². The van der Waals surface area contributed by atoms with Crippen molar-refractivity contribution in [1.29, 1.82) is 0 Å². The molecule has 0 bridgehead atoms. The first-order valence-electron chi connectivity index (χ1n) is 12.4. The molecule has 2 aliphatic rings. The fourth-order valence-electron chi connectivity index (χ4n) is 5.38. The standard InChI is InChI=1S/C28H34N2O5/c1-18-11-13-28(14-12-18,26(33)30-19(2)15-25(31)32)17-29-27(34)35-16-24-22-9-5-3-7-20(22)21-8-4-6-10-23(21)24/h3-10,18-19,24H,11-17H2,1-2H3,(H,29,34)(H,30,33)(H,31,32). The third-order valence-corrected chi connectivity index (χ3v) is 7.49. The van der Waals surface area contributed by atoms with E-state index >= 15 is 0 Å². The number of ether oxygens (including phenoxy) is 1. The number of hydrogen-bond acceptors (Lipinski definition) is 4. The van der Waals surface area contributed by atoms with E-state index < -0.39 is 23.5 Å². The number of carboxylic acid groups (broad SMARTS) is 1. The number of carbonyl (C=O) groups is 3. The number of aliphatic carboxylic acids is 1. The van der Waals surface area contributed by atoms with E-state index in [4.69, 9.17) is 9.84 Å². The van der Waals surface area contributed by atoms with Crippen LogP contribution in [0, 0.1) is 11.3 Å². The molecule has 2 amide bonds. The minimum Gasteiger partial charge on any atom is -0.481 e. The van der Waals surface area contributed by atoms with Gasteiger partial charge >= 0.3 is 12.1 Å². The summed E-state index contributed by atoms with van der Waals surface area (Å²) < 4.78 is 5.65. The number of carboxylic acids is 1. The van der Waals surface area contributed by atoms with Crippen LogP contribution in [-0.2, 0) is 14.3 Å². The van der Waals surface area contributed by atoms with E-state index in [1.54, 1.807) is 6.92 Å². The lowest BCUT2D eigenvalue weighted by molar-refractivity contribution is -0.138. The maximum Gasteiger partial charge on any atom is 0.407 e. The molecule has 7 nitrogen and oxygen atoms in total. The van der Waals surface area contributed by atoms with Gasteiger partial charge < -0.3 is 20.5 Å². The first-order valence-corrected chi connectivity index (χ1v) is 12.4. The van der Waals surface area contributed by atoms with Crippen LogP contribution in [0.2, 0.25) is 0 Å². The maximum absolute atomic E-state index is 13.2. The van der Waals surface area contributed by atoms with Crippen molar-refractivity contribution in [2.45, 2.75) is 57.9 Å². The number of alkyl carbamates (subject to hydrolysis) is 1. The second-order valence-corrected chi connectivity index (χ2v) is 10.1. The van der Waals surface area contributed by atoms with Crippen molar-refractivity contribution in [3.8, 4) is 11.1 Å². The Morgan fingerprint density at radius 1 is 1.03 bits per heavy atom. The first kappa shape index (κ1) is 24.8. The molecule has 1 atom stereocenters. The summed E-state index contributed by atoms with van der Waals surface area (Å²) in [4.78, 5) is 36.9. The number of carbonyl (C=O) groups excluding carboxylic acids is 2. The van der Waals surface area contributed by atoms with Crippen LogP contribution in [0.3, 0.4) is 0 Å². The molecule has 0 heterocycles. The SMILES string of the molecule is CC1CCC(CNC(=O)OCC2c3ccccc3-c3ccccc32)(C(=O)NC(C)CC(=O)O)CC1. The lowest BCUT2D eigenvalue weighted by Crippen LogP contribution is -2.52. The molecular weight excluding hydrogens is 444 g/mol. The number of fused-ring (bicyclic) bond motifs is 3. The van der Waals surface area contributed by atoms with Gasteiger partial charge in [-0.2, -0.15) is 0 Å². The molecular formula is C28H34N2O5. The molecule has 0 radical (unpaired) electrons. The number of amides is 2. The molecule has 4 rings (SSSR count). The van der Waals surface area contributed by atoms with Gasteiger partial charge in [-0.25, -0.2) is 4.79 Å². The molecule has 2 aliphatic carbocycles. The Morgan fingerprint density at radius 3 is 2.17 bits per heavy atom. The zero-order chi connectivity index (χ0) is 25.0. The second-order valence-electron chi connectivity index (χ2n) is 10.1. The number of rotatable bonds is 8. The molecule has 2 aromatic rings. The van der Waals surface area contributed by atoms with Gasteiger partial charge in [-0.3, -0.25) is 9.59 Å². The smallest absolute Gasteiger partial charge is 0.407 e. The van der Waals surface area contributed by atoms with Gasteiger partial charge in [0.1, 0.15) is 6.61 Å². The van der Waals surface area contributed by atoms with Crippen LogP contribution >= 0.6 is 0 Å². The van der Waals surface area contributed by atoms with E-state index in [1.165, 1.54) is 11.1 Å². The van der Waals surface area contributed by atoms with E-state index in [9.17, 15) is 14.4 Å². The number of nitrogens with one attached hydrogen (secondary N) is 2. The lowest BCUT2D eigenvalue weighted by atomic mass is 9.70. The summed E-state index contributed by atoms with van der Waals surface area (Å²) in [5, 5.41) is 14.7. The fourth-order valence-corrected chi connectivity index (χ4v) is 5.38. The molecule has 0 spiro atoms. The van der Waals surface area contributed by atoms with Crippen LogP contribution in [-0.4, -0.2) is 42.3 Å². The summed E-state index contributed by atoms with van der Waals surface area (Å²) >= 11 is 0. The van der Waals surface area contributed by atoms with Crippen LogP contribution in [0.1, 0.15) is 63.0 Å². The normalized spacial score (nSPS) is 21.9. The molecule has 1 unspecified atom stereocenters. The third-order valence-electron chi connectivity index (χ3n) is 7.49. The van der Waals surface area contributed by atoms with Crippen molar-refractivity contribution >= 4 is 18.0 Å². The summed E-state index contributed by atoms with van der Waals surface area (Å²) in [5.41, 5.74) is 3.86. The minimum atomic E-state index is -0.958. The van der Waals surface area contributed by atoms with Crippen LogP contribution in [0.4, 0.5) is 4.79 Å². The Bertz CT molecular complexity index is 1040. The van der Waals surface area contributed by atoms with Crippen LogP contribution in [0.5, 0.6) is 0 Å².